The zero-order valence-corrected chi connectivity index (χ0v) is 18.7. The molecule has 9 heteroatoms. The highest BCUT2D eigenvalue weighted by Crippen LogP contribution is 2.29. The third-order valence-electron chi connectivity index (χ3n) is 5.28. The van der Waals surface area contributed by atoms with Gasteiger partial charge < -0.3 is 0 Å². The highest BCUT2D eigenvalue weighted by molar-refractivity contribution is 7.89. The van der Waals surface area contributed by atoms with Crippen LogP contribution in [0.4, 0.5) is 9.52 Å². The molecule has 0 unspecified atom stereocenters. The Labute approximate surface area is 185 Å². The van der Waals surface area contributed by atoms with Crippen molar-refractivity contribution < 1.29 is 12.8 Å². The van der Waals surface area contributed by atoms with Gasteiger partial charge in [0.2, 0.25) is 15.2 Å². The van der Waals surface area contributed by atoms with Crippen LogP contribution in [-0.2, 0) is 10.0 Å². The van der Waals surface area contributed by atoms with Crippen molar-refractivity contribution in [3.8, 4) is 11.3 Å². The number of nitrogens with one attached hydrogen (secondary N) is 1. The molecule has 2 heterocycles. The average Bonchev–Trinajstić information content (AvgIpc) is 3.24. The number of piperidine rings is 1. The van der Waals surface area contributed by atoms with E-state index in [-0.39, 0.29) is 10.7 Å². The summed E-state index contributed by atoms with van der Waals surface area (Å²) >= 11 is 1.34. The summed E-state index contributed by atoms with van der Waals surface area (Å²) in [5, 5.41) is 6.39. The molecule has 1 fully saturated rings. The molecule has 0 bridgehead atoms. The minimum atomic E-state index is -3.52. The maximum absolute atomic E-state index is 13.6. The largest absolute Gasteiger partial charge is 0.253 e. The smallest absolute Gasteiger partial charge is 0.243 e. The molecule has 1 aliphatic rings. The number of hydrazone groups is 1. The van der Waals surface area contributed by atoms with Gasteiger partial charge in [-0.2, -0.15) is 9.41 Å². The molecular weight excluding hydrogens is 435 g/mol. The Bertz CT molecular complexity index is 1190. The normalized spacial score (nSPS) is 16.1. The molecular formula is C22H23FN4O2S2. The molecule has 0 saturated carbocycles. The molecule has 31 heavy (non-hydrogen) atoms. The molecule has 3 aromatic rings. The lowest BCUT2D eigenvalue weighted by Gasteiger charge is -2.29. The van der Waals surface area contributed by atoms with Crippen molar-refractivity contribution in [3.05, 3.63) is 65.3 Å². The summed E-state index contributed by atoms with van der Waals surface area (Å²) in [6.45, 7) is 3.26. The van der Waals surface area contributed by atoms with Gasteiger partial charge in [-0.25, -0.2) is 17.8 Å². The fraction of sp³-hybridized carbons (Fsp3) is 0.273. The Balaban J connectivity index is 1.48. The van der Waals surface area contributed by atoms with Gasteiger partial charge in [-0.05, 0) is 37.0 Å². The minimum absolute atomic E-state index is 0.277. The van der Waals surface area contributed by atoms with Gasteiger partial charge in [-0.15, -0.1) is 11.3 Å². The first kappa shape index (κ1) is 21.6. The van der Waals surface area contributed by atoms with Crippen LogP contribution in [0.3, 0.4) is 0 Å². The van der Waals surface area contributed by atoms with E-state index in [1.54, 1.807) is 40.7 Å². The lowest BCUT2D eigenvalue weighted by atomic mass is 10.0. The van der Waals surface area contributed by atoms with Crippen LogP contribution in [0.1, 0.15) is 25.3 Å². The Kier molecular flexibility index (Phi) is 6.45. The highest BCUT2D eigenvalue weighted by Gasteiger charge is 2.28. The van der Waals surface area contributed by atoms with E-state index in [1.165, 1.54) is 23.6 Å². The highest BCUT2D eigenvalue weighted by atomic mass is 32.2. The summed E-state index contributed by atoms with van der Waals surface area (Å²) in [4.78, 5) is 4.75. The van der Waals surface area contributed by atoms with Gasteiger partial charge in [0.15, 0.2) is 0 Å². The second-order valence-corrected chi connectivity index (χ2v) is 10.3. The SMILES string of the molecule is CC1CCN(S(=O)(=O)c2cccc(-c3csc(NN=Cc4ccccc4F)n3)c2)CC1. The molecule has 0 aliphatic carbocycles. The van der Waals surface area contributed by atoms with Gasteiger partial charge >= 0.3 is 0 Å². The molecule has 0 spiro atoms. The Morgan fingerprint density at radius 2 is 1.97 bits per heavy atom. The number of sulfonamides is 1. The van der Waals surface area contributed by atoms with E-state index in [1.807, 2.05) is 11.4 Å². The number of aromatic nitrogens is 1. The molecule has 0 radical (unpaired) electrons. The molecule has 6 nitrogen and oxygen atoms in total. The summed E-state index contributed by atoms with van der Waals surface area (Å²) in [6.07, 6.45) is 3.16. The Morgan fingerprint density at radius 3 is 2.74 bits per heavy atom. The van der Waals surface area contributed by atoms with Crippen LogP contribution in [0.5, 0.6) is 0 Å². The third kappa shape index (κ3) is 5.00. The van der Waals surface area contributed by atoms with Crippen LogP contribution < -0.4 is 5.43 Å². The third-order valence-corrected chi connectivity index (χ3v) is 7.92. The maximum atomic E-state index is 13.6. The number of rotatable bonds is 6. The predicted molar refractivity (Wildman–Crippen MR) is 122 cm³/mol. The first-order valence-corrected chi connectivity index (χ1v) is 12.3. The van der Waals surface area contributed by atoms with Gasteiger partial charge in [0.25, 0.3) is 0 Å². The van der Waals surface area contributed by atoms with Crippen molar-refractivity contribution in [1.82, 2.24) is 9.29 Å². The Hall–Kier alpha value is -2.62. The van der Waals surface area contributed by atoms with Gasteiger partial charge in [-0.1, -0.05) is 37.3 Å². The summed E-state index contributed by atoms with van der Waals surface area (Å²) in [5.41, 5.74) is 4.53. The fourth-order valence-electron chi connectivity index (χ4n) is 3.38. The van der Waals surface area contributed by atoms with Crippen LogP contribution >= 0.6 is 11.3 Å². The second kappa shape index (κ2) is 9.25. The lowest BCUT2D eigenvalue weighted by Crippen LogP contribution is -2.37. The van der Waals surface area contributed by atoms with Crippen LogP contribution in [0.2, 0.25) is 0 Å². The number of nitrogens with zero attached hydrogens (tertiary/aromatic N) is 3. The molecule has 4 rings (SSSR count). The molecule has 1 N–H and O–H groups in total. The van der Waals surface area contributed by atoms with E-state index < -0.39 is 10.0 Å². The van der Waals surface area contributed by atoms with Crippen molar-refractivity contribution in [1.29, 1.82) is 0 Å². The number of halogens is 1. The van der Waals surface area contributed by atoms with Gasteiger partial charge in [0.05, 0.1) is 16.8 Å². The van der Waals surface area contributed by atoms with Crippen molar-refractivity contribution >= 4 is 32.7 Å². The second-order valence-electron chi connectivity index (χ2n) is 7.54. The van der Waals surface area contributed by atoms with E-state index in [0.29, 0.717) is 41.0 Å². The van der Waals surface area contributed by atoms with Crippen molar-refractivity contribution in [2.45, 2.75) is 24.7 Å². The number of thiazole rings is 1. The van der Waals surface area contributed by atoms with Crippen molar-refractivity contribution in [3.63, 3.8) is 0 Å². The fourth-order valence-corrected chi connectivity index (χ4v) is 5.57. The van der Waals surface area contributed by atoms with Crippen LogP contribution in [0.25, 0.3) is 11.3 Å². The topological polar surface area (TPSA) is 74.7 Å². The summed E-state index contributed by atoms with van der Waals surface area (Å²) in [7, 11) is -3.52. The number of anilines is 1. The van der Waals surface area contributed by atoms with E-state index in [0.717, 1.165) is 12.8 Å². The minimum Gasteiger partial charge on any atom is -0.253 e. The van der Waals surface area contributed by atoms with Crippen molar-refractivity contribution in [2.24, 2.45) is 11.0 Å². The zero-order chi connectivity index (χ0) is 21.8. The predicted octanol–water partition coefficient (Wildman–Crippen LogP) is 4.82. The van der Waals surface area contributed by atoms with Crippen LogP contribution in [-0.4, -0.2) is 37.0 Å². The molecule has 1 aromatic heterocycles. The van der Waals surface area contributed by atoms with Crippen LogP contribution in [0, 0.1) is 11.7 Å². The number of hydrogen-bond acceptors (Lipinski definition) is 6. The Morgan fingerprint density at radius 1 is 1.19 bits per heavy atom. The standard InChI is InChI=1S/C22H23FN4O2S2/c1-16-9-11-27(12-10-16)31(28,29)19-7-4-6-17(13-19)21-15-30-22(25-21)26-24-14-18-5-2-3-8-20(18)23/h2-8,13-16H,9-12H2,1H3,(H,25,26). The van der Waals surface area contributed by atoms with E-state index in [4.69, 9.17) is 0 Å². The molecule has 0 atom stereocenters. The zero-order valence-electron chi connectivity index (χ0n) is 17.0. The molecule has 2 aromatic carbocycles. The van der Waals surface area contributed by atoms with E-state index in [9.17, 15) is 12.8 Å². The van der Waals surface area contributed by atoms with E-state index in [2.05, 4.69) is 22.4 Å². The monoisotopic (exact) mass is 458 g/mol. The summed E-state index contributed by atoms with van der Waals surface area (Å²) in [6, 6.07) is 13.2. The molecule has 162 valence electrons. The van der Waals surface area contributed by atoms with Gasteiger partial charge in [0, 0.05) is 29.6 Å². The lowest BCUT2D eigenvalue weighted by molar-refractivity contribution is 0.288. The van der Waals surface area contributed by atoms with Crippen LogP contribution in [0.15, 0.2) is 63.9 Å². The van der Waals surface area contributed by atoms with Gasteiger partial charge in [-0.3, -0.25) is 5.43 Å². The molecule has 1 aliphatic heterocycles. The molecule has 1 saturated heterocycles. The van der Waals surface area contributed by atoms with Crippen molar-refractivity contribution in [2.75, 3.05) is 18.5 Å². The number of hydrogen-bond donors (Lipinski definition) is 1. The van der Waals surface area contributed by atoms with E-state index >= 15 is 0 Å². The summed E-state index contributed by atoms with van der Waals surface area (Å²) in [5.74, 6) is 0.203. The maximum Gasteiger partial charge on any atom is 0.243 e. The quantitative estimate of drug-likeness (QED) is 0.425. The first-order valence-electron chi connectivity index (χ1n) is 10.0. The average molecular weight is 459 g/mol. The number of benzene rings is 2. The summed E-state index contributed by atoms with van der Waals surface area (Å²) < 4.78 is 41.3. The first-order chi connectivity index (χ1) is 14.9. The molecule has 0 amide bonds. The van der Waals surface area contributed by atoms with Gasteiger partial charge in [0.1, 0.15) is 5.82 Å².